The first kappa shape index (κ1) is 19.8. The summed E-state index contributed by atoms with van der Waals surface area (Å²) in [6.07, 6.45) is -3.16. The molecule has 0 bridgehead atoms. The van der Waals surface area contributed by atoms with E-state index in [9.17, 15) is 21.6 Å². The molecular formula is C18H18F3N3O4S. The molecule has 0 amide bonds. The Balaban J connectivity index is 1.43. The first-order valence-corrected chi connectivity index (χ1v) is 10.4. The molecule has 1 unspecified atom stereocenters. The predicted octanol–water partition coefficient (Wildman–Crippen LogP) is 2.43. The first-order valence-electron chi connectivity index (χ1n) is 8.92. The third kappa shape index (κ3) is 4.25. The molecule has 1 atom stereocenters. The number of nitrogens with one attached hydrogen (secondary N) is 1. The maximum absolute atomic E-state index is 12.7. The van der Waals surface area contributed by atoms with Crippen molar-refractivity contribution in [3.8, 4) is 11.5 Å². The van der Waals surface area contributed by atoms with Crippen LogP contribution >= 0.6 is 0 Å². The molecule has 4 rings (SSSR count). The fourth-order valence-corrected chi connectivity index (χ4v) is 4.56. The van der Waals surface area contributed by atoms with Crippen LogP contribution in [-0.2, 0) is 16.2 Å². The van der Waals surface area contributed by atoms with E-state index in [0.29, 0.717) is 50.0 Å². The van der Waals surface area contributed by atoms with Gasteiger partial charge in [0.1, 0.15) is 19.0 Å². The molecule has 156 valence electrons. The van der Waals surface area contributed by atoms with Gasteiger partial charge in [0, 0.05) is 31.4 Å². The van der Waals surface area contributed by atoms with Gasteiger partial charge >= 0.3 is 6.18 Å². The second kappa shape index (κ2) is 7.38. The average Bonchev–Trinajstić information content (AvgIpc) is 3.15. The Kier molecular flexibility index (Phi) is 5.03. The molecule has 7 nitrogen and oxygen atoms in total. The Hall–Kier alpha value is -2.53. The highest BCUT2D eigenvalue weighted by Crippen LogP contribution is 2.33. The molecule has 11 heteroatoms. The smallest absolute Gasteiger partial charge is 0.417 e. The predicted molar refractivity (Wildman–Crippen MR) is 97.6 cm³/mol. The van der Waals surface area contributed by atoms with Gasteiger partial charge in [-0.25, -0.2) is 18.1 Å². The number of hydrogen-bond acceptors (Lipinski definition) is 6. The summed E-state index contributed by atoms with van der Waals surface area (Å²) in [5.74, 6) is 1.25. The average molecular weight is 429 g/mol. The lowest BCUT2D eigenvalue weighted by molar-refractivity contribution is -0.137. The number of sulfonamides is 1. The van der Waals surface area contributed by atoms with Crippen LogP contribution in [0.2, 0.25) is 0 Å². The van der Waals surface area contributed by atoms with Crippen molar-refractivity contribution in [2.75, 3.05) is 31.2 Å². The van der Waals surface area contributed by atoms with E-state index in [-0.39, 0.29) is 4.90 Å². The van der Waals surface area contributed by atoms with Crippen molar-refractivity contribution < 1.29 is 31.1 Å². The van der Waals surface area contributed by atoms with Crippen LogP contribution in [0.25, 0.3) is 0 Å². The summed E-state index contributed by atoms with van der Waals surface area (Å²) >= 11 is 0. The number of pyridine rings is 1. The Morgan fingerprint density at radius 3 is 2.55 bits per heavy atom. The number of hydrogen-bond donors (Lipinski definition) is 1. The van der Waals surface area contributed by atoms with Crippen molar-refractivity contribution >= 4 is 15.8 Å². The molecule has 0 spiro atoms. The van der Waals surface area contributed by atoms with Gasteiger partial charge in [-0.15, -0.1) is 0 Å². The van der Waals surface area contributed by atoms with Crippen LogP contribution in [0, 0.1) is 0 Å². The van der Waals surface area contributed by atoms with Crippen molar-refractivity contribution in [3.05, 3.63) is 42.1 Å². The van der Waals surface area contributed by atoms with Crippen molar-refractivity contribution in [1.82, 2.24) is 9.71 Å². The minimum absolute atomic E-state index is 0.0628. The Morgan fingerprint density at radius 2 is 1.86 bits per heavy atom. The van der Waals surface area contributed by atoms with E-state index >= 15 is 0 Å². The van der Waals surface area contributed by atoms with Crippen LogP contribution in [-0.4, -0.2) is 45.7 Å². The van der Waals surface area contributed by atoms with Crippen LogP contribution in [0.5, 0.6) is 11.5 Å². The number of halogens is 3. The highest BCUT2D eigenvalue weighted by molar-refractivity contribution is 7.89. The summed E-state index contributed by atoms with van der Waals surface area (Å²) in [7, 11) is -3.79. The first-order chi connectivity index (χ1) is 13.7. The molecule has 1 saturated heterocycles. The topological polar surface area (TPSA) is 80.8 Å². The normalized spacial score (nSPS) is 19.4. The van der Waals surface area contributed by atoms with Gasteiger partial charge < -0.3 is 14.4 Å². The Morgan fingerprint density at radius 1 is 1.10 bits per heavy atom. The van der Waals surface area contributed by atoms with Crippen LogP contribution in [0.1, 0.15) is 12.0 Å². The van der Waals surface area contributed by atoms with E-state index in [2.05, 4.69) is 9.71 Å². The molecule has 0 aliphatic carbocycles. The molecule has 1 fully saturated rings. The van der Waals surface area contributed by atoms with Gasteiger partial charge in [0.25, 0.3) is 0 Å². The lowest BCUT2D eigenvalue weighted by Crippen LogP contribution is -2.37. The standard InChI is InChI=1S/C18H18F3N3O4S/c19-18(20,21)12-1-4-17(22-10-12)24-6-5-13(11-24)23-29(25,26)14-2-3-15-16(9-14)28-8-7-27-15/h1-4,9-10,13,23H,5-8,11H2. The second-order valence-corrected chi connectivity index (χ2v) is 8.48. The molecule has 3 heterocycles. The fraction of sp³-hybridized carbons (Fsp3) is 0.389. The van der Waals surface area contributed by atoms with Gasteiger partial charge in [-0.05, 0) is 30.7 Å². The SMILES string of the molecule is O=S(=O)(NC1CCN(c2ccc(C(F)(F)F)cn2)C1)c1ccc2c(c1)OCCO2. The van der Waals surface area contributed by atoms with E-state index in [1.165, 1.54) is 18.2 Å². The summed E-state index contributed by atoms with van der Waals surface area (Å²) < 4.78 is 76.9. The van der Waals surface area contributed by atoms with Gasteiger partial charge in [0.2, 0.25) is 10.0 Å². The summed E-state index contributed by atoms with van der Waals surface area (Å²) in [6, 6.07) is 6.28. The van der Waals surface area contributed by atoms with E-state index in [0.717, 1.165) is 12.3 Å². The maximum Gasteiger partial charge on any atom is 0.417 e. The molecule has 2 aliphatic heterocycles. The van der Waals surface area contributed by atoms with Gasteiger partial charge in [0.05, 0.1) is 10.5 Å². The maximum atomic E-state index is 12.7. The molecule has 1 aromatic heterocycles. The molecule has 1 N–H and O–H groups in total. The molecule has 1 aromatic carbocycles. The minimum Gasteiger partial charge on any atom is -0.486 e. The number of ether oxygens (including phenoxy) is 2. The third-order valence-corrected chi connectivity index (χ3v) is 6.25. The largest absolute Gasteiger partial charge is 0.486 e. The Labute approximate surface area is 165 Å². The number of alkyl halides is 3. The van der Waals surface area contributed by atoms with E-state index in [1.54, 1.807) is 11.0 Å². The lowest BCUT2D eigenvalue weighted by Gasteiger charge is -2.20. The zero-order valence-electron chi connectivity index (χ0n) is 15.1. The third-order valence-electron chi connectivity index (χ3n) is 4.73. The summed E-state index contributed by atoms with van der Waals surface area (Å²) in [5.41, 5.74) is -0.823. The van der Waals surface area contributed by atoms with Gasteiger partial charge in [0.15, 0.2) is 11.5 Å². The van der Waals surface area contributed by atoms with Crippen LogP contribution < -0.4 is 19.1 Å². The second-order valence-electron chi connectivity index (χ2n) is 6.76. The van der Waals surface area contributed by atoms with Gasteiger partial charge in [-0.1, -0.05) is 0 Å². The number of nitrogens with zero attached hydrogens (tertiary/aromatic N) is 2. The van der Waals surface area contributed by atoms with Gasteiger partial charge in [-0.2, -0.15) is 13.2 Å². The van der Waals surface area contributed by atoms with E-state index in [4.69, 9.17) is 9.47 Å². The fourth-order valence-electron chi connectivity index (χ4n) is 3.28. The molecule has 0 radical (unpaired) electrons. The number of rotatable bonds is 4. The quantitative estimate of drug-likeness (QED) is 0.804. The van der Waals surface area contributed by atoms with Crippen molar-refractivity contribution in [1.29, 1.82) is 0 Å². The van der Waals surface area contributed by atoms with Crippen LogP contribution in [0.15, 0.2) is 41.4 Å². The number of aromatic nitrogens is 1. The minimum atomic E-state index is -4.45. The summed E-state index contributed by atoms with van der Waals surface area (Å²) in [4.78, 5) is 5.67. The van der Waals surface area contributed by atoms with Gasteiger partial charge in [-0.3, -0.25) is 0 Å². The molecule has 2 aliphatic rings. The highest BCUT2D eigenvalue weighted by Gasteiger charge is 2.32. The molecular weight excluding hydrogens is 411 g/mol. The summed E-state index contributed by atoms with van der Waals surface area (Å²) in [5, 5.41) is 0. The molecule has 29 heavy (non-hydrogen) atoms. The van der Waals surface area contributed by atoms with Crippen LogP contribution in [0.3, 0.4) is 0 Å². The summed E-state index contributed by atoms with van der Waals surface area (Å²) in [6.45, 7) is 1.55. The number of benzene rings is 1. The van der Waals surface area contributed by atoms with Crippen LogP contribution in [0.4, 0.5) is 19.0 Å². The zero-order valence-corrected chi connectivity index (χ0v) is 16.0. The monoisotopic (exact) mass is 429 g/mol. The van der Waals surface area contributed by atoms with E-state index in [1.807, 2.05) is 0 Å². The molecule has 0 saturated carbocycles. The highest BCUT2D eigenvalue weighted by atomic mass is 32.2. The molecule has 2 aromatic rings. The number of fused-ring (bicyclic) bond motifs is 1. The number of anilines is 1. The lowest BCUT2D eigenvalue weighted by atomic mass is 10.3. The van der Waals surface area contributed by atoms with Crippen molar-refractivity contribution in [2.45, 2.75) is 23.5 Å². The van der Waals surface area contributed by atoms with E-state index < -0.39 is 27.8 Å². The van der Waals surface area contributed by atoms with Crippen molar-refractivity contribution in [2.24, 2.45) is 0 Å². The zero-order chi connectivity index (χ0) is 20.6. The Bertz CT molecular complexity index is 996. The van der Waals surface area contributed by atoms with Crippen molar-refractivity contribution in [3.63, 3.8) is 0 Å².